The molecule has 1 aliphatic heterocycles. The molecule has 0 aliphatic carbocycles. The number of carbonyl (C=O) groups is 1. The number of oxime groups is 1. The van der Waals surface area contributed by atoms with Gasteiger partial charge >= 0.3 is 0 Å². The van der Waals surface area contributed by atoms with Crippen LogP contribution in [0.15, 0.2) is 51.3 Å². The standard InChI is InChI=1S/C25H30FNO4S/c1-16(27-29)21-7-6-19(15-22(21)23(28)24(2,3)4)32-20-13-17(12-18(26)14-20)25(30-5)8-10-31-11-9-25/h6-7,12-15,29H,8-11H2,1-5H3/b27-16+. The number of nitrogens with zero attached hydrogens (tertiary/aromatic N) is 1. The molecule has 7 heteroatoms. The van der Waals surface area contributed by atoms with E-state index in [4.69, 9.17) is 9.47 Å². The molecule has 1 aliphatic rings. The van der Waals surface area contributed by atoms with E-state index < -0.39 is 11.0 Å². The van der Waals surface area contributed by atoms with Crippen LogP contribution in [0.4, 0.5) is 4.39 Å². The van der Waals surface area contributed by atoms with Gasteiger partial charge in [-0.3, -0.25) is 4.79 Å². The fourth-order valence-electron chi connectivity index (χ4n) is 3.88. The van der Waals surface area contributed by atoms with Crippen molar-refractivity contribution < 1.29 is 23.9 Å². The molecule has 0 atom stereocenters. The molecule has 5 nitrogen and oxygen atoms in total. The summed E-state index contributed by atoms with van der Waals surface area (Å²) >= 11 is 1.38. The highest BCUT2D eigenvalue weighted by atomic mass is 32.2. The number of ether oxygens (including phenoxy) is 2. The van der Waals surface area contributed by atoms with Crippen molar-refractivity contribution in [2.45, 2.75) is 55.9 Å². The predicted molar refractivity (Wildman–Crippen MR) is 123 cm³/mol. The predicted octanol–water partition coefficient (Wildman–Crippen LogP) is 6.06. The van der Waals surface area contributed by atoms with E-state index in [2.05, 4.69) is 5.16 Å². The number of carbonyl (C=O) groups excluding carboxylic acids is 1. The zero-order valence-electron chi connectivity index (χ0n) is 19.2. The van der Waals surface area contributed by atoms with Gasteiger partial charge in [-0.1, -0.05) is 43.8 Å². The van der Waals surface area contributed by atoms with Crippen LogP contribution in [0, 0.1) is 11.2 Å². The molecule has 0 saturated carbocycles. The summed E-state index contributed by atoms with van der Waals surface area (Å²) in [5.74, 6) is -0.391. The highest BCUT2D eigenvalue weighted by Crippen LogP contribution is 2.39. The first-order valence-corrected chi connectivity index (χ1v) is 11.4. The van der Waals surface area contributed by atoms with E-state index in [0.29, 0.717) is 42.9 Å². The third-order valence-electron chi connectivity index (χ3n) is 5.78. The SMILES string of the molecule is COC1(c2cc(F)cc(Sc3ccc(/C(C)=N/O)c(C(=O)C(C)(C)C)c3)c2)CCOCC1. The summed E-state index contributed by atoms with van der Waals surface area (Å²) in [5.41, 5.74) is 1.04. The van der Waals surface area contributed by atoms with Crippen molar-refractivity contribution in [3.63, 3.8) is 0 Å². The first-order chi connectivity index (χ1) is 15.1. The van der Waals surface area contributed by atoms with Crippen molar-refractivity contribution in [3.8, 4) is 0 Å². The second kappa shape index (κ2) is 9.73. The van der Waals surface area contributed by atoms with Gasteiger partial charge in [-0.05, 0) is 42.8 Å². The molecule has 0 radical (unpaired) electrons. The highest BCUT2D eigenvalue weighted by Gasteiger charge is 2.35. The molecule has 0 amide bonds. The molecule has 1 saturated heterocycles. The summed E-state index contributed by atoms with van der Waals surface area (Å²) in [4.78, 5) is 14.6. The van der Waals surface area contributed by atoms with Crippen LogP contribution >= 0.6 is 11.8 Å². The zero-order chi connectivity index (χ0) is 23.5. The lowest BCUT2D eigenvalue weighted by molar-refractivity contribution is -0.0950. The quantitative estimate of drug-likeness (QED) is 0.246. The molecule has 2 aromatic carbocycles. The number of rotatable bonds is 6. The van der Waals surface area contributed by atoms with Crippen LogP contribution in [-0.4, -0.2) is 37.0 Å². The van der Waals surface area contributed by atoms with Gasteiger partial charge in [0.2, 0.25) is 0 Å². The molecule has 32 heavy (non-hydrogen) atoms. The summed E-state index contributed by atoms with van der Waals surface area (Å²) in [5, 5.41) is 12.5. The van der Waals surface area contributed by atoms with E-state index in [0.717, 1.165) is 15.4 Å². The van der Waals surface area contributed by atoms with Gasteiger partial charge in [-0.2, -0.15) is 0 Å². The Kier molecular flexibility index (Phi) is 7.43. The maximum atomic E-state index is 14.6. The van der Waals surface area contributed by atoms with Crippen LogP contribution in [0.3, 0.4) is 0 Å². The van der Waals surface area contributed by atoms with Crippen LogP contribution in [0.25, 0.3) is 0 Å². The Balaban J connectivity index is 2.00. The van der Waals surface area contributed by atoms with Crippen LogP contribution in [-0.2, 0) is 15.1 Å². The fraction of sp³-hybridized carbons (Fsp3) is 0.440. The van der Waals surface area contributed by atoms with Gasteiger partial charge in [0.05, 0.1) is 11.3 Å². The minimum atomic E-state index is -0.603. The topological polar surface area (TPSA) is 68.1 Å². The van der Waals surface area contributed by atoms with E-state index in [-0.39, 0.29) is 11.6 Å². The van der Waals surface area contributed by atoms with Gasteiger partial charge in [-0.25, -0.2) is 4.39 Å². The smallest absolute Gasteiger partial charge is 0.168 e. The highest BCUT2D eigenvalue weighted by molar-refractivity contribution is 7.99. The van der Waals surface area contributed by atoms with E-state index >= 15 is 0 Å². The third-order valence-corrected chi connectivity index (χ3v) is 6.74. The summed E-state index contributed by atoms with van der Waals surface area (Å²) in [7, 11) is 1.65. The lowest BCUT2D eigenvalue weighted by atomic mass is 9.84. The van der Waals surface area contributed by atoms with Crippen molar-refractivity contribution in [2.75, 3.05) is 20.3 Å². The molecular formula is C25H30FNO4S. The number of hydrogen-bond acceptors (Lipinski definition) is 6. The lowest BCUT2D eigenvalue weighted by Crippen LogP contribution is -2.35. The van der Waals surface area contributed by atoms with Crippen molar-refractivity contribution in [1.29, 1.82) is 0 Å². The average molecular weight is 460 g/mol. The summed E-state index contributed by atoms with van der Waals surface area (Å²) in [6, 6.07) is 10.4. The molecule has 2 aromatic rings. The molecule has 0 aromatic heterocycles. The number of methoxy groups -OCH3 is 1. The normalized spacial score (nSPS) is 16.8. The van der Waals surface area contributed by atoms with Gasteiger partial charge in [0.25, 0.3) is 0 Å². The number of benzene rings is 2. The Hall–Kier alpha value is -2.22. The molecule has 1 N–H and O–H groups in total. The van der Waals surface area contributed by atoms with Crippen molar-refractivity contribution in [2.24, 2.45) is 10.6 Å². The van der Waals surface area contributed by atoms with Crippen LogP contribution in [0.2, 0.25) is 0 Å². The Morgan fingerprint density at radius 3 is 2.41 bits per heavy atom. The largest absolute Gasteiger partial charge is 0.411 e. The fourth-order valence-corrected chi connectivity index (χ4v) is 4.82. The van der Waals surface area contributed by atoms with Crippen molar-refractivity contribution in [3.05, 3.63) is 58.9 Å². The van der Waals surface area contributed by atoms with E-state index in [1.165, 1.54) is 23.9 Å². The van der Waals surface area contributed by atoms with E-state index in [1.54, 1.807) is 26.2 Å². The number of Topliss-reactive ketones (excluding diaryl/α,β-unsaturated/α-hetero) is 1. The second-order valence-electron chi connectivity index (χ2n) is 9.06. The molecule has 3 rings (SSSR count). The minimum Gasteiger partial charge on any atom is -0.411 e. The number of halogens is 1. The monoisotopic (exact) mass is 459 g/mol. The Morgan fingerprint density at radius 2 is 1.81 bits per heavy atom. The average Bonchev–Trinajstić information content (AvgIpc) is 2.77. The van der Waals surface area contributed by atoms with E-state index in [9.17, 15) is 14.4 Å². The van der Waals surface area contributed by atoms with Gasteiger partial charge in [0.1, 0.15) is 5.82 Å². The molecule has 0 bridgehead atoms. The minimum absolute atomic E-state index is 0.0570. The van der Waals surface area contributed by atoms with Gasteiger partial charge in [0, 0.05) is 59.5 Å². The Morgan fingerprint density at radius 1 is 1.12 bits per heavy atom. The van der Waals surface area contributed by atoms with Gasteiger partial charge < -0.3 is 14.7 Å². The van der Waals surface area contributed by atoms with Crippen molar-refractivity contribution >= 4 is 23.3 Å². The summed E-state index contributed by atoms with van der Waals surface area (Å²) in [6.07, 6.45) is 1.32. The van der Waals surface area contributed by atoms with E-state index in [1.807, 2.05) is 32.9 Å². The van der Waals surface area contributed by atoms with Crippen molar-refractivity contribution in [1.82, 2.24) is 0 Å². The maximum Gasteiger partial charge on any atom is 0.168 e. The Bertz CT molecular complexity index is 1020. The van der Waals surface area contributed by atoms with Crippen LogP contribution in [0.1, 0.15) is 62.0 Å². The molecule has 1 heterocycles. The number of hydrogen-bond donors (Lipinski definition) is 1. The van der Waals surface area contributed by atoms with Crippen LogP contribution < -0.4 is 0 Å². The molecule has 1 fully saturated rings. The number of ketones is 1. The molecular weight excluding hydrogens is 429 g/mol. The summed E-state index contributed by atoms with van der Waals surface area (Å²) in [6.45, 7) is 8.33. The Labute approximate surface area is 193 Å². The summed E-state index contributed by atoms with van der Waals surface area (Å²) < 4.78 is 25.9. The van der Waals surface area contributed by atoms with Gasteiger partial charge in [0.15, 0.2) is 5.78 Å². The lowest BCUT2D eigenvalue weighted by Gasteiger charge is -2.36. The second-order valence-corrected chi connectivity index (χ2v) is 10.2. The molecule has 0 spiro atoms. The van der Waals surface area contributed by atoms with Crippen LogP contribution in [0.5, 0.6) is 0 Å². The maximum absolute atomic E-state index is 14.6. The first-order valence-electron chi connectivity index (χ1n) is 10.6. The molecule has 0 unspecified atom stereocenters. The van der Waals surface area contributed by atoms with Gasteiger partial charge in [-0.15, -0.1) is 0 Å². The zero-order valence-corrected chi connectivity index (χ0v) is 20.0. The third kappa shape index (κ3) is 5.22. The molecule has 172 valence electrons. The first kappa shape index (κ1) is 24.4.